The van der Waals surface area contributed by atoms with Gasteiger partial charge >= 0.3 is 0 Å². The van der Waals surface area contributed by atoms with Crippen molar-refractivity contribution in [2.24, 2.45) is 5.92 Å². The van der Waals surface area contributed by atoms with Crippen molar-refractivity contribution >= 4 is 10.2 Å². The van der Waals surface area contributed by atoms with Gasteiger partial charge in [0.25, 0.3) is 10.2 Å². The van der Waals surface area contributed by atoms with E-state index in [1.165, 1.54) is 12.8 Å². The minimum absolute atomic E-state index is 0.575. The molecule has 0 aromatic rings. The van der Waals surface area contributed by atoms with Gasteiger partial charge in [-0.3, -0.25) is 0 Å². The Hall–Kier alpha value is -0.170. The molecule has 2 aliphatic rings. The SMILES string of the molecule is O=S(=O)(NCCC1CCCNC1)N1CCCC1. The molecule has 0 spiro atoms. The van der Waals surface area contributed by atoms with Crippen molar-refractivity contribution in [2.45, 2.75) is 32.1 Å². The van der Waals surface area contributed by atoms with Crippen LogP contribution in [0, 0.1) is 5.92 Å². The van der Waals surface area contributed by atoms with E-state index >= 15 is 0 Å². The highest BCUT2D eigenvalue weighted by atomic mass is 32.2. The van der Waals surface area contributed by atoms with E-state index in [1.807, 2.05) is 0 Å². The van der Waals surface area contributed by atoms with Gasteiger partial charge < -0.3 is 5.32 Å². The van der Waals surface area contributed by atoms with E-state index in [1.54, 1.807) is 4.31 Å². The summed E-state index contributed by atoms with van der Waals surface area (Å²) in [6, 6.07) is 0. The molecule has 2 aliphatic heterocycles. The van der Waals surface area contributed by atoms with E-state index in [0.29, 0.717) is 25.6 Å². The Morgan fingerprint density at radius 2 is 2.00 bits per heavy atom. The van der Waals surface area contributed by atoms with Gasteiger partial charge in [0.1, 0.15) is 0 Å². The number of rotatable bonds is 5. The van der Waals surface area contributed by atoms with Gasteiger partial charge in [-0.1, -0.05) is 0 Å². The lowest BCUT2D eigenvalue weighted by molar-refractivity contribution is 0.356. The Labute approximate surface area is 104 Å². The van der Waals surface area contributed by atoms with Gasteiger partial charge in [-0.25, -0.2) is 4.72 Å². The van der Waals surface area contributed by atoms with Gasteiger partial charge in [0.05, 0.1) is 0 Å². The van der Waals surface area contributed by atoms with E-state index in [2.05, 4.69) is 10.0 Å². The summed E-state index contributed by atoms with van der Waals surface area (Å²) in [4.78, 5) is 0. The van der Waals surface area contributed by atoms with E-state index < -0.39 is 10.2 Å². The van der Waals surface area contributed by atoms with Crippen molar-refractivity contribution in [1.29, 1.82) is 0 Å². The third kappa shape index (κ3) is 3.91. The van der Waals surface area contributed by atoms with Crippen molar-refractivity contribution in [3.63, 3.8) is 0 Å². The van der Waals surface area contributed by atoms with Gasteiger partial charge in [-0.2, -0.15) is 12.7 Å². The molecule has 0 aliphatic carbocycles. The lowest BCUT2D eigenvalue weighted by atomic mass is 9.96. The van der Waals surface area contributed by atoms with E-state index in [0.717, 1.165) is 32.4 Å². The molecule has 6 heteroatoms. The Kier molecular flexibility index (Phi) is 4.78. The van der Waals surface area contributed by atoms with Crippen LogP contribution in [-0.4, -0.2) is 45.4 Å². The molecule has 0 radical (unpaired) electrons. The van der Waals surface area contributed by atoms with Crippen LogP contribution in [0.5, 0.6) is 0 Å². The number of hydrogen-bond acceptors (Lipinski definition) is 3. The molecular weight excluding hydrogens is 238 g/mol. The largest absolute Gasteiger partial charge is 0.316 e. The van der Waals surface area contributed by atoms with Gasteiger partial charge in [-0.15, -0.1) is 0 Å². The Balaban J connectivity index is 1.69. The zero-order chi connectivity index (χ0) is 12.1. The standard InChI is InChI=1S/C11H23N3O2S/c15-17(16,14-8-1-2-9-14)13-7-5-11-4-3-6-12-10-11/h11-13H,1-10H2. The molecule has 1 atom stereocenters. The van der Waals surface area contributed by atoms with Crippen LogP contribution in [0.2, 0.25) is 0 Å². The zero-order valence-corrected chi connectivity index (χ0v) is 11.1. The Bertz CT molecular complexity index is 320. The quantitative estimate of drug-likeness (QED) is 0.748. The summed E-state index contributed by atoms with van der Waals surface area (Å²) in [5.74, 6) is 0.630. The maximum atomic E-state index is 11.9. The van der Waals surface area contributed by atoms with Gasteiger partial charge in [0.15, 0.2) is 0 Å². The molecular formula is C11H23N3O2S. The molecule has 0 aromatic carbocycles. The minimum Gasteiger partial charge on any atom is -0.316 e. The number of nitrogens with zero attached hydrogens (tertiary/aromatic N) is 1. The zero-order valence-electron chi connectivity index (χ0n) is 10.3. The maximum Gasteiger partial charge on any atom is 0.279 e. The van der Waals surface area contributed by atoms with E-state index in [4.69, 9.17) is 0 Å². The summed E-state index contributed by atoms with van der Waals surface area (Å²) in [7, 11) is -3.20. The first-order valence-electron chi connectivity index (χ1n) is 6.64. The first-order valence-corrected chi connectivity index (χ1v) is 8.08. The molecule has 5 nitrogen and oxygen atoms in total. The van der Waals surface area contributed by atoms with Crippen molar-refractivity contribution in [3.05, 3.63) is 0 Å². The first kappa shape index (κ1) is 13.3. The second-order valence-electron chi connectivity index (χ2n) is 5.01. The van der Waals surface area contributed by atoms with Crippen LogP contribution < -0.4 is 10.0 Å². The van der Waals surface area contributed by atoms with Gasteiger partial charge in [0, 0.05) is 19.6 Å². The van der Waals surface area contributed by atoms with Crippen LogP contribution in [0.4, 0.5) is 0 Å². The lowest BCUT2D eigenvalue weighted by Gasteiger charge is -2.23. The molecule has 2 rings (SSSR count). The summed E-state index contributed by atoms with van der Waals surface area (Å²) >= 11 is 0. The van der Waals surface area contributed by atoms with Crippen LogP contribution in [0.1, 0.15) is 32.1 Å². The van der Waals surface area contributed by atoms with Crippen LogP contribution in [0.3, 0.4) is 0 Å². The highest BCUT2D eigenvalue weighted by Gasteiger charge is 2.24. The molecule has 100 valence electrons. The fourth-order valence-electron chi connectivity index (χ4n) is 2.58. The first-order chi connectivity index (χ1) is 8.18. The molecule has 1 unspecified atom stereocenters. The normalized spacial score (nSPS) is 27.4. The smallest absolute Gasteiger partial charge is 0.279 e. The average Bonchev–Trinajstić information content (AvgIpc) is 2.84. The lowest BCUT2D eigenvalue weighted by Crippen LogP contribution is -2.40. The third-order valence-corrected chi connectivity index (χ3v) is 5.25. The Morgan fingerprint density at radius 3 is 2.65 bits per heavy atom. The summed E-state index contributed by atoms with van der Waals surface area (Å²) in [5, 5.41) is 3.35. The number of piperidine rings is 1. The second kappa shape index (κ2) is 6.13. The number of nitrogens with one attached hydrogen (secondary N) is 2. The topological polar surface area (TPSA) is 61.4 Å². The van der Waals surface area contributed by atoms with Crippen molar-refractivity contribution < 1.29 is 8.42 Å². The molecule has 0 aromatic heterocycles. The van der Waals surface area contributed by atoms with Crippen LogP contribution in [-0.2, 0) is 10.2 Å². The van der Waals surface area contributed by atoms with Crippen molar-refractivity contribution in [1.82, 2.24) is 14.3 Å². The van der Waals surface area contributed by atoms with E-state index in [9.17, 15) is 8.42 Å². The van der Waals surface area contributed by atoms with Crippen molar-refractivity contribution in [3.8, 4) is 0 Å². The van der Waals surface area contributed by atoms with Crippen molar-refractivity contribution in [2.75, 3.05) is 32.7 Å². The molecule has 0 amide bonds. The molecule has 2 fully saturated rings. The van der Waals surface area contributed by atoms with Crippen LogP contribution in [0.15, 0.2) is 0 Å². The third-order valence-electron chi connectivity index (χ3n) is 3.64. The molecule has 2 heterocycles. The maximum absolute atomic E-state index is 11.9. The number of hydrogen-bond donors (Lipinski definition) is 2. The fourth-order valence-corrected chi connectivity index (χ4v) is 3.88. The highest BCUT2D eigenvalue weighted by molar-refractivity contribution is 7.87. The van der Waals surface area contributed by atoms with Gasteiger partial charge in [-0.05, 0) is 51.1 Å². The molecule has 0 saturated carbocycles. The monoisotopic (exact) mass is 261 g/mol. The predicted molar refractivity (Wildman–Crippen MR) is 67.9 cm³/mol. The summed E-state index contributed by atoms with van der Waals surface area (Å²) in [5.41, 5.74) is 0. The summed E-state index contributed by atoms with van der Waals surface area (Å²) in [6.07, 6.45) is 5.36. The minimum atomic E-state index is -3.20. The second-order valence-corrected chi connectivity index (χ2v) is 6.76. The summed E-state index contributed by atoms with van der Waals surface area (Å²) in [6.45, 7) is 4.08. The highest BCUT2D eigenvalue weighted by Crippen LogP contribution is 2.14. The molecule has 2 N–H and O–H groups in total. The van der Waals surface area contributed by atoms with Crippen LogP contribution >= 0.6 is 0 Å². The van der Waals surface area contributed by atoms with E-state index in [-0.39, 0.29) is 0 Å². The Morgan fingerprint density at radius 1 is 1.24 bits per heavy atom. The molecule has 0 bridgehead atoms. The molecule has 2 saturated heterocycles. The fraction of sp³-hybridized carbons (Fsp3) is 1.00. The van der Waals surface area contributed by atoms with Crippen LogP contribution in [0.25, 0.3) is 0 Å². The molecule has 17 heavy (non-hydrogen) atoms. The van der Waals surface area contributed by atoms with Gasteiger partial charge in [0.2, 0.25) is 0 Å². The predicted octanol–water partition coefficient (Wildman–Crippen LogP) is 0.306. The summed E-state index contributed by atoms with van der Waals surface area (Å²) < 4.78 is 28.0. The average molecular weight is 261 g/mol.